The molecule has 0 aliphatic carbocycles. The van der Waals surface area contributed by atoms with Crippen molar-refractivity contribution in [2.45, 2.75) is 38.0 Å². The lowest BCUT2D eigenvalue weighted by atomic mass is 9.92. The number of benzene rings is 1. The Morgan fingerprint density at radius 1 is 1.29 bits per heavy atom. The average molecular weight is 446 g/mol. The molecular weight excluding hydrogens is 421 g/mol. The van der Waals surface area contributed by atoms with Crippen LogP contribution in [0.2, 0.25) is 5.02 Å². The number of nitrogens with zero attached hydrogens (tertiary/aromatic N) is 3. The zero-order valence-electron chi connectivity index (χ0n) is 17.2. The molecule has 3 heterocycles. The minimum atomic E-state index is -0.762. The molecule has 4 rings (SSSR count). The number of ether oxygens (including phenoxy) is 1. The molecule has 1 fully saturated rings. The topological polar surface area (TPSA) is 98.2 Å². The van der Waals surface area contributed by atoms with Crippen LogP contribution in [0.3, 0.4) is 0 Å². The molecule has 1 unspecified atom stereocenters. The number of pyridine rings is 1. The van der Waals surface area contributed by atoms with Crippen LogP contribution in [-0.4, -0.2) is 38.6 Å². The summed E-state index contributed by atoms with van der Waals surface area (Å²) in [6.45, 7) is 3.78. The average Bonchev–Trinajstić information content (AvgIpc) is 3.19. The summed E-state index contributed by atoms with van der Waals surface area (Å²) in [7, 11) is 0. The number of rotatable bonds is 6. The highest BCUT2D eigenvalue weighted by Crippen LogP contribution is 2.33. The molecule has 3 aromatic rings. The Morgan fingerprint density at radius 3 is 2.84 bits per heavy atom. The first-order valence-corrected chi connectivity index (χ1v) is 10.5. The van der Waals surface area contributed by atoms with Crippen LogP contribution in [0, 0.1) is 5.82 Å². The van der Waals surface area contributed by atoms with E-state index in [1.807, 2.05) is 6.20 Å². The molecule has 31 heavy (non-hydrogen) atoms. The lowest BCUT2D eigenvalue weighted by molar-refractivity contribution is -0.00821. The quantitative estimate of drug-likeness (QED) is 0.536. The predicted molar refractivity (Wildman–Crippen MR) is 117 cm³/mol. The zero-order valence-corrected chi connectivity index (χ0v) is 17.9. The molecule has 0 amide bonds. The first-order chi connectivity index (χ1) is 14.8. The first kappa shape index (κ1) is 21.5. The molecule has 7 nitrogen and oxygen atoms in total. The second-order valence-electron chi connectivity index (χ2n) is 7.93. The van der Waals surface area contributed by atoms with E-state index in [9.17, 15) is 9.50 Å². The summed E-state index contributed by atoms with van der Waals surface area (Å²) in [5.41, 5.74) is 7.36. The van der Waals surface area contributed by atoms with E-state index in [4.69, 9.17) is 22.1 Å². The lowest BCUT2D eigenvalue weighted by Gasteiger charge is -2.32. The van der Waals surface area contributed by atoms with E-state index in [-0.39, 0.29) is 5.82 Å². The maximum atomic E-state index is 13.6. The molecule has 9 heteroatoms. The van der Waals surface area contributed by atoms with Crippen LogP contribution in [0.1, 0.15) is 31.4 Å². The van der Waals surface area contributed by atoms with Crippen molar-refractivity contribution in [2.24, 2.45) is 0 Å². The highest BCUT2D eigenvalue weighted by atomic mass is 35.5. The first-order valence-electron chi connectivity index (χ1n) is 10.2. The van der Waals surface area contributed by atoms with E-state index >= 15 is 0 Å². The standard InChI is InChI=1S/C22H25ClFN5O2/c1-14(18-9-17(24)2-3-19(18)23)31-20-8-15(10-27-21(20)25)16-11-28-29(12-16)13-22(30)4-6-26-7-5-22/h2-3,8-12,14,26,30H,4-7,13H2,1H3,(H2,25,27). The van der Waals surface area contributed by atoms with Crippen molar-refractivity contribution < 1.29 is 14.2 Å². The van der Waals surface area contributed by atoms with E-state index in [1.54, 1.807) is 30.1 Å². The van der Waals surface area contributed by atoms with E-state index in [0.717, 1.165) is 24.2 Å². The maximum absolute atomic E-state index is 13.6. The highest BCUT2D eigenvalue weighted by Gasteiger charge is 2.30. The van der Waals surface area contributed by atoms with Crippen molar-refractivity contribution in [1.82, 2.24) is 20.1 Å². The molecule has 0 radical (unpaired) electrons. The van der Waals surface area contributed by atoms with Gasteiger partial charge in [-0.2, -0.15) is 5.10 Å². The number of anilines is 1. The third kappa shape index (κ3) is 4.98. The number of aromatic nitrogens is 3. The third-order valence-electron chi connectivity index (χ3n) is 5.54. The van der Waals surface area contributed by atoms with E-state index in [1.165, 1.54) is 18.2 Å². The SMILES string of the molecule is CC(Oc1cc(-c2cnn(CC3(O)CCNCC3)c2)cnc1N)c1cc(F)ccc1Cl. The number of hydrogen-bond donors (Lipinski definition) is 3. The van der Waals surface area contributed by atoms with Gasteiger partial charge in [-0.25, -0.2) is 9.37 Å². The van der Waals surface area contributed by atoms with Crippen LogP contribution in [0.5, 0.6) is 5.75 Å². The summed E-state index contributed by atoms with van der Waals surface area (Å²) in [6, 6.07) is 5.91. The summed E-state index contributed by atoms with van der Waals surface area (Å²) in [6.07, 6.45) is 6.06. The number of piperidine rings is 1. The monoisotopic (exact) mass is 445 g/mol. The number of halogens is 2. The molecule has 1 aliphatic rings. The molecule has 0 saturated carbocycles. The van der Waals surface area contributed by atoms with Crippen molar-refractivity contribution >= 4 is 17.4 Å². The van der Waals surface area contributed by atoms with Crippen molar-refractivity contribution in [3.63, 3.8) is 0 Å². The number of hydrogen-bond acceptors (Lipinski definition) is 6. The third-order valence-corrected chi connectivity index (χ3v) is 5.88. The van der Waals surface area contributed by atoms with Gasteiger partial charge in [0.2, 0.25) is 0 Å². The largest absolute Gasteiger partial charge is 0.482 e. The van der Waals surface area contributed by atoms with Gasteiger partial charge in [-0.05, 0) is 57.1 Å². The van der Waals surface area contributed by atoms with Crippen LogP contribution in [0.15, 0.2) is 42.9 Å². The number of aliphatic hydroxyl groups is 1. The molecule has 1 atom stereocenters. The minimum Gasteiger partial charge on any atom is -0.482 e. The number of nitrogen functional groups attached to an aromatic ring is 1. The summed E-state index contributed by atoms with van der Waals surface area (Å²) >= 11 is 6.19. The van der Waals surface area contributed by atoms with Gasteiger partial charge in [-0.15, -0.1) is 0 Å². The van der Waals surface area contributed by atoms with Gasteiger partial charge < -0.3 is 20.9 Å². The van der Waals surface area contributed by atoms with Crippen molar-refractivity contribution in [3.8, 4) is 16.9 Å². The van der Waals surface area contributed by atoms with Gasteiger partial charge in [0.05, 0.1) is 18.3 Å². The van der Waals surface area contributed by atoms with Crippen LogP contribution < -0.4 is 15.8 Å². The smallest absolute Gasteiger partial charge is 0.166 e. The van der Waals surface area contributed by atoms with Crippen molar-refractivity contribution in [3.05, 3.63) is 59.3 Å². The van der Waals surface area contributed by atoms with Gasteiger partial charge in [0, 0.05) is 34.1 Å². The molecule has 0 spiro atoms. The summed E-state index contributed by atoms with van der Waals surface area (Å²) in [5, 5.41) is 18.8. The molecule has 4 N–H and O–H groups in total. The predicted octanol–water partition coefficient (Wildman–Crippen LogP) is 3.57. The molecule has 2 aromatic heterocycles. The molecule has 0 bridgehead atoms. The van der Waals surface area contributed by atoms with Crippen LogP contribution >= 0.6 is 11.6 Å². The second-order valence-corrected chi connectivity index (χ2v) is 8.34. The normalized spacial score (nSPS) is 16.8. The van der Waals surface area contributed by atoms with E-state index < -0.39 is 17.5 Å². The van der Waals surface area contributed by atoms with Crippen molar-refractivity contribution in [1.29, 1.82) is 0 Å². The summed E-state index contributed by atoms with van der Waals surface area (Å²) < 4.78 is 21.3. The molecule has 1 aromatic carbocycles. The van der Waals surface area contributed by atoms with Gasteiger partial charge in [-0.1, -0.05) is 11.6 Å². The Bertz CT molecular complexity index is 1070. The molecule has 1 saturated heterocycles. The van der Waals surface area contributed by atoms with E-state index in [2.05, 4.69) is 15.4 Å². The number of nitrogens with one attached hydrogen (secondary N) is 1. The second kappa shape index (κ2) is 8.82. The molecule has 164 valence electrons. The van der Waals surface area contributed by atoms with Gasteiger partial charge in [-0.3, -0.25) is 4.68 Å². The molecule has 1 aliphatic heterocycles. The van der Waals surface area contributed by atoms with Gasteiger partial charge in [0.25, 0.3) is 0 Å². The Balaban J connectivity index is 1.53. The van der Waals surface area contributed by atoms with Crippen LogP contribution in [0.25, 0.3) is 11.1 Å². The lowest BCUT2D eigenvalue weighted by Crippen LogP contribution is -2.44. The Kier molecular flexibility index (Phi) is 6.13. The number of nitrogens with two attached hydrogens (primary N) is 1. The van der Waals surface area contributed by atoms with Crippen LogP contribution in [-0.2, 0) is 6.54 Å². The summed E-state index contributed by atoms with van der Waals surface area (Å²) in [5.74, 6) is 0.201. The van der Waals surface area contributed by atoms with Crippen molar-refractivity contribution in [2.75, 3.05) is 18.8 Å². The fourth-order valence-electron chi connectivity index (χ4n) is 3.74. The van der Waals surface area contributed by atoms with Gasteiger partial charge in [0.15, 0.2) is 11.6 Å². The fourth-order valence-corrected chi connectivity index (χ4v) is 4.01. The van der Waals surface area contributed by atoms with Crippen LogP contribution in [0.4, 0.5) is 10.2 Å². The molecular formula is C22H25ClFN5O2. The highest BCUT2D eigenvalue weighted by molar-refractivity contribution is 6.31. The van der Waals surface area contributed by atoms with Gasteiger partial charge in [0.1, 0.15) is 11.9 Å². The Hall–Kier alpha value is -2.68. The maximum Gasteiger partial charge on any atom is 0.166 e. The van der Waals surface area contributed by atoms with Gasteiger partial charge >= 0.3 is 0 Å². The van der Waals surface area contributed by atoms with E-state index in [0.29, 0.717) is 35.7 Å². The Labute approximate surface area is 185 Å². The fraction of sp³-hybridized carbons (Fsp3) is 0.364. The Morgan fingerprint density at radius 2 is 2.06 bits per heavy atom. The zero-order chi connectivity index (χ0) is 22.0. The summed E-state index contributed by atoms with van der Waals surface area (Å²) in [4.78, 5) is 4.23. The minimum absolute atomic E-state index is 0.222.